The minimum atomic E-state index is 0.509. The smallest absolute Gasteiger partial charge is 0.156 e. The third kappa shape index (κ3) is 1.89. The third-order valence-electron chi connectivity index (χ3n) is 3.45. The van der Waals surface area contributed by atoms with E-state index in [1.165, 1.54) is 32.1 Å². The summed E-state index contributed by atoms with van der Waals surface area (Å²) < 4.78 is 1.77. The summed E-state index contributed by atoms with van der Waals surface area (Å²) in [6, 6.07) is 5.69. The monoisotopic (exact) mass is 226 g/mol. The Bertz CT molecular complexity index is 573. The summed E-state index contributed by atoms with van der Waals surface area (Å²) in [6.07, 6.45) is 8.10. The van der Waals surface area contributed by atoms with Crippen molar-refractivity contribution in [2.75, 3.05) is 0 Å². The van der Waals surface area contributed by atoms with Gasteiger partial charge in [0.25, 0.3) is 0 Å². The van der Waals surface area contributed by atoms with E-state index in [0.29, 0.717) is 11.5 Å². The second-order valence-corrected chi connectivity index (χ2v) is 4.63. The van der Waals surface area contributed by atoms with Gasteiger partial charge in [-0.1, -0.05) is 19.3 Å². The lowest BCUT2D eigenvalue weighted by atomic mass is 9.89. The van der Waals surface area contributed by atoms with E-state index >= 15 is 0 Å². The maximum absolute atomic E-state index is 8.85. The van der Waals surface area contributed by atoms with Crippen LogP contribution in [-0.4, -0.2) is 14.6 Å². The van der Waals surface area contributed by atoms with Gasteiger partial charge in [0.05, 0.1) is 11.6 Å². The molecule has 0 aliphatic heterocycles. The molecule has 0 radical (unpaired) electrons. The molecule has 0 unspecified atom stereocenters. The number of nitrogens with zero attached hydrogens (tertiary/aromatic N) is 4. The minimum absolute atomic E-state index is 0.509. The molecule has 0 atom stereocenters. The van der Waals surface area contributed by atoms with Crippen molar-refractivity contribution in [2.24, 2.45) is 0 Å². The number of pyridine rings is 1. The standard InChI is InChI=1S/C13H14N4/c14-9-10-6-7-17-12(8-10)15-13(16-17)11-4-2-1-3-5-11/h6-8,11H,1-5H2. The van der Waals surface area contributed by atoms with Crippen molar-refractivity contribution in [3.05, 3.63) is 29.7 Å². The molecule has 2 heterocycles. The quantitative estimate of drug-likeness (QED) is 0.751. The van der Waals surface area contributed by atoms with Crippen LogP contribution < -0.4 is 0 Å². The zero-order valence-electron chi connectivity index (χ0n) is 9.63. The lowest BCUT2D eigenvalue weighted by Gasteiger charge is -2.17. The van der Waals surface area contributed by atoms with E-state index in [1.807, 2.05) is 6.20 Å². The fourth-order valence-electron chi connectivity index (χ4n) is 2.50. The van der Waals surface area contributed by atoms with Gasteiger partial charge in [0.2, 0.25) is 0 Å². The minimum Gasteiger partial charge on any atom is -0.221 e. The number of rotatable bonds is 1. The second kappa shape index (κ2) is 4.17. The Hall–Kier alpha value is -1.89. The molecule has 1 aliphatic carbocycles. The maximum atomic E-state index is 8.85. The zero-order chi connectivity index (χ0) is 11.7. The highest BCUT2D eigenvalue weighted by molar-refractivity contribution is 5.45. The van der Waals surface area contributed by atoms with Crippen LogP contribution in [0.5, 0.6) is 0 Å². The van der Waals surface area contributed by atoms with Gasteiger partial charge in [-0.15, -0.1) is 0 Å². The fourth-order valence-corrected chi connectivity index (χ4v) is 2.50. The van der Waals surface area contributed by atoms with Gasteiger partial charge in [0.1, 0.15) is 0 Å². The molecule has 0 amide bonds. The highest BCUT2D eigenvalue weighted by atomic mass is 15.3. The first kappa shape index (κ1) is 10.3. The van der Waals surface area contributed by atoms with Crippen molar-refractivity contribution in [3.8, 4) is 6.07 Å². The summed E-state index contributed by atoms with van der Waals surface area (Å²) in [5, 5.41) is 13.4. The van der Waals surface area contributed by atoms with Crippen LogP contribution in [0, 0.1) is 11.3 Å². The molecule has 0 aromatic carbocycles. The average Bonchev–Trinajstić information content (AvgIpc) is 2.82. The van der Waals surface area contributed by atoms with Crippen LogP contribution in [0.2, 0.25) is 0 Å². The van der Waals surface area contributed by atoms with Crippen molar-refractivity contribution in [1.82, 2.24) is 14.6 Å². The Labute approximate surface area is 99.9 Å². The summed E-state index contributed by atoms with van der Waals surface area (Å²) in [6.45, 7) is 0. The van der Waals surface area contributed by atoms with E-state index in [2.05, 4.69) is 16.2 Å². The van der Waals surface area contributed by atoms with E-state index in [9.17, 15) is 0 Å². The highest BCUT2D eigenvalue weighted by Gasteiger charge is 2.19. The number of hydrogen-bond acceptors (Lipinski definition) is 3. The van der Waals surface area contributed by atoms with Crippen molar-refractivity contribution < 1.29 is 0 Å². The molecule has 2 aromatic rings. The predicted octanol–water partition coefficient (Wildman–Crippen LogP) is 2.65. The van der Waals surface area contributed by atoms with Gasteiger partial charge in [0, 0.05) is 18.2 Å². The first-order chi connectivity index (χ1) is 8.36. The molecule has 0 bridgehead atoms. The number of hydrogen-bond donors (Lipinski definition) is 0. The van der Waals surface area contributed by atoms with Crippen LogP contribution in [0.4, 0.5) is 0 Å². The van der Waals surface area contributed by atoms with Gasteiger partial charge in [-0.25, -0.2) is 9.50 Å². The highest BCUT2D eigenvalue weighted by Crippen LogP contribution is 2.30. The molecular weight excluding hydrogens is 212 g/mol. The maximum Gasteiger partial charge on any atom is 0.156 e. The molecule has 0 spiro atoms. The van der Waals surface area contributed by atoms with E-state index in [1.54, 1.807) is 16.6 Å². The average molecular weight is 226 g/mol. The van der Waals surface area contributed by atoms with E-state index in [-0.39, 0.29) is 0 Å². The van der Waals surface area contributed by atoms with E-state index in [4.69, 9.17) is 5.26 Å². The molecule has 1 saturated carbocycles. The van der Waals surface area contributed by atoms with Crippen molar-refractivity contribution in [2.45, 2.75) is 38.0 Å². The first-order valence-electron chi connectivity index (χ1n) is 6.13. The van der Waals surface area contributed by atoms with Gasteiger partial charge in [-0.05, 0) is 18.9 Å². The van der Waals surface area contributed by atoms with Gasteiger partial charge in [-0.3, -0.25) is 0 Å². The molecule has 17 heavy (non-hydrogen) atoms. The summed E-state index contributed by atoms with van der Waals surface area (Å²) >= 11 is 0. The molecule has 2 aromatic heterocycles. The Morgan fingerprint density at radius 2 is 2.12 bits per heavy atom. The summed E-state index contributed by atoms with van der Waals surface area (Å²) in [4.78, 5) is 4.55. The van der Waals surface area contributed by atoms with E-state index < -0.39 is 0 Å². The molecule has 0 N–H and O–H groups in total. The SMILES string of the molecule is N#Cc1ccn2nc(C3CCCCC3)nc2c1. The normalized spacial score (nSPS) is 17.1. The Morgan fingerprint density at radius 3 is 2.88 bits per heavy atom. The number of aromatic nitrogens is 3. The van der Waals surface area contributed by atoms with E-state index in [0.717, 1.165) is 11.5 Å². The van der Waals surface area contributed by atoms with Gasteiger partial charge in [0.15, 0.2) is 11.5 Å². The van der Waals surface area contributed by atoms with Crippen LogP contribution in [-0.2, 0) is 0 Å². The van der Waals surface area contributed by atoms with Crippen LogP contribution in [0.3, 0.4) is 0 Å². The van der Waals surface area contributed by atoms with Gasteiger partial charge in [-0.2, -0.15) is 10.4 Å². The first-order valence-corrected chi connectivity index (χ1v) is 6.13. The number of fused-ring (bicyclic) bond motifs is 1. The molecule has 1 fully saturated rings. The summed E-state index contributed by atoms with van der Waals surface area (Å²) in [7, 11) is 0. The summed E-state index contributed by atoms with van der Waals surface area (Å²) in [5.41, 5.74) is 1.42. The lowest BCUT2D eigenvalue weighted by molar-refractivity contribution is 0.429. The second-order valence-electron chi connectivity index (χ2n) is 4.63. The molecule has 1 aliphatic rings. The predicted molar refractivity (Wildman–Crippen MR) is 63.5 cm³/mol. The van der Waals surface area contributed by atoms with Crippen molar-refractivity contribution in [1.29, 1.82) is 5.26 Å². The Morgan fingerprint density at radius 1 is 1.29 bits per heavy atom. The zero-order valence-corrected chi connectivity index (χ0v) is 9.63. The summed E-state index contributed by atoms with van der Waals surface area (Å²) in [5.74, 6) is 1.45. The molecule has 4 nitrogen and oxygen atoms in total. The molecular formula is C13H14N4. The third-order valence-corrected chi connectivity index (χ3v) is 3.45. The molecule has 0 saturated heterocycles. The van der Waals surface area contributed by atoms with Crippen molar-refractivity contribution >= 4 is 5.65 Å². The largest absolute Gasteiger partial charge is 0.221 e. The van der Waals surface area contributed by atoms with Crippen LogP contribution in [0.15, 0.2) is 18.3 Å². The number of nitriles is 1. The van der Waals surface area contributed by atoms with Crippen molar-refractivity contribution in [3.63, 3.8) is 0 Å². The molecule has 86 valence electrons. The van der Waals surface area contributed by atoms with Crippen LogP contribution >= 0.6 is 0 Å². The Kier molecular flexibility index (Phi) is 2.52. The molecule has 4 heteroatoms. The topological polar surface area (TPSA) is 54.0 Å². The van der Waals surface area contributed by atoms with Gasteiger partial charge >= 0.3 is 0 Å². The fraction of sp³-hybridized carbons (Fsp3) is 0.462. The van der Waals surface area contributed by atoms with Gasteiger partial charge < -0.3 is 0 Å². The Balaban J connectivity index is 1.98. The molecule has 3 rings (SSSR count). The van der Waals surface area contributed by atoms with Crippen LogP contribution in [0.25, 0.3) is 5.65 Å². The lowest BCUT2D eigenvalue weighted by Crippen LogP contribution is -2.06. The van der Waals surface area contributed by atoms with Crippen LogP contribution in [0.1, 0.15) is 49.4 Å².